The second kappa shape index (κ2) is 11.0. The van der Waals surface area contributed by atoms with Crippen LogP contribution in [-0.2, 0) is 9.53 Å². The van der Waals surface area contributed by atoms with Gasteiger partial charge < -0.3 is 14.0 Å². The van der Waals surface area contributed by atoms with Crippen LogP contribution in [0.3, 0.4) is 0 Å². The predicted molar refractivity (Wildman–Crippen MR) is 122 cm³/mol. The topological polar surface area (TPSA) is 74.6 Å². The van der Waals surface area contributed by atoms with E-state index >= 15 is 0 Å². The molecule has 0 bridgehead atoms. The van der Waals surface area contributed by atoms with Gasteiger partial charge in [0, 0.05) is 34.6 Å². The number of carbonyl (C=O) groups is 3. The molecule has 1 heterocycles. The molecule has 3 rings (SSSR count). The number of benzene rings is 2. The number of carbonyl (C=O) groups excluding carboxylic acids is 3. The minimum absolute atomic E-state index is 0.0148. The van der Waals surface area contributed by atoms with Gasteiger partial charge in [-0.3, -0.25) is 14.4 Å². The highest BCUT2D eigenvalue weighted by atomic mass is 19.3. The molecular formula is C26H24F3NO5. The summed E-state index contributed by atoms with van der Waals surface area (Å²) in [4.78, 5) is 37.3. The zero-order valence-corrected chi connectivity index (χ0v) is 19.4. The fourth-order valence-electron chi connectivity index (χ4n) is 3.71. The van der Waals surface area contributed by atoms with Gasteiger partial charge in [-0.2, -0.15) is 8.78 Å². The summed E-state index contributed by atoms with van der Waals surface area (Å²) in [6.45, 7) is 2.03. The van der Waals surface area contributed by atoms with E-state index in [-0.39, 0.29) is 29.9 Å². The summed E-state index contributed by atoms with van der Waals surface area (Å²) in [5.74, 6) is -1.91. The maximum atomic E-state index is 13.0. The average Bonchev–Trinajstić information content (AvgIpc) is 3.11. The van der Waals surface area contributed by atoms with Gasteiger partial charge in [0.15, 0.2) is 11.9 Å². The van der Waals surface area contributed by atoms with E-state index in [0.717, 1.165) is 17.8 Å². The Bertz CT molecular complexity index is 1220. The van der Waals surface area contributed by atoms with Crippen molar-refractivity contribution in [2.75, 3.05) is 0 Å². The zero-order valence-electron chi connectivity index (χ0n) is 19.4. The molecule has 0 aliphatic carbocycles. The Kier molecular flexibility index (Phi) is 8.11. The highest BCUT2D eigenvalue weighted by Gasteiger charge is 2.24. The van der Waals surface area contributed by atoms with Crippen LogP contribution >= 0.6 is 0 Å². The Morgan fingerprint density at radius 3 is 2.17 bits per heavy atom. The van der Waals surface area contributed by atoms with Crippen LogP contribution in [0.2, 0.25) is 0 Å². The fraction of sp³-hybridized carbons (Fsp3) is 0.269. The Morgan fingerprint density at radius 2 is 1.57 bits per heavy atom. The second-order valence-electron chi connectivity index (χ2n) is 7.92. The molecule has 0 aliphatic rings. The summed E-state index contributed by atoms with van der Waals surface area (Å²) in [6, 6.07) is 12.6. The third-order valence-electron chi connectivity index (χ3n) is 5.42. The Labute approximate surface area is 200 Å². The molecule has 1 atom stereocenters. The molecule has 0 saturated heterocycles. The molecule has 0 spiro atoms. The number of hydrogen-bond acceptors (Lipinski definition) is 5. The summed E-state index contributed by atoms with van der Waals surface area (Å²) < 4.78 is 49.1. The van der Waals surface area contributed by atoms with Gasteiger partial charge in [0.25, 0.3) is 0 Å². The van der Waals surface area contributed by atoms with E-state index in [4.69, 9.17) is 4.74 Å². The molecule has 0 saturated carbocycles. The van der Waals surface area contributed by atoms with E-state index in [1.807, 2.05) is 0 Å². The first-order chi connectivity index (χ1) is 16.6. The maximum Gasteiger partial charge on any atom is 0.387 e. The Balaban J connectivity index is 1.64. The molecule has 0 aliphatic heterocycles. The molecule has 6 nitrogen and oxygen atoms in total. The minimum Gasteiger partial charge on any atom is -0.454 e. The quantitative estimate of drug-likeness (QED) is 0.274. The van der Waals surface area contributed by atoms with E-state index in [1.54, 1.807) is 36.6 Å². The largest absolute Gasteiger partial charge is 0.454 e. The lowest BCUT2D eigenvalue weighted by molar-refractivity contribution is -0.146. The molecule has 0 N–H and O–H groups in total. The monoisotopic (exact) mass is 487 g/mol. The number of nitrogens with zero attached hydrogens (tertiary/aromatic N) is 1. The van der Waals surface area contributed by atoms with Crippen LogP contribution < -0.4 is 4.74 Å². The number of halogens is 3. The number of aryl methyl sites for hydroxylation is 1. The van der Waals surface area contributed by atoms with Crippen molar-refractivity contribution in [1.29, 1.82) is 0 Å². The van der Waals surface area contributed by atoms with Gasteiger partial charge in [-0.1, -0.05) is 0 Å². The van der Waals surface area contributed by atoms with Gasteiger partial charge in [-0.05, 0) is 75.4 Å². The highest BCUT2D eigenvalue weighted by Crippen LogP contribution is 2.25. The lowest BCUT2D eigenvalue weighted by Gasteiger charge is -2.14. The third-order valence-corrected chi connectivity index (χ3v) is 5.42. The number of ketones is 2. The first kappa shape index (κ1) is 25.7. The van der Waals surface area contributed by atoms with E-state index in [1.165, 1.54) is 31.2 Å². The number of hydrogen-bond donors (Lipinski definition) is 0. The molecule has 35 heavy (non-hydrogen) atoms. The molecule has 0 radical (unpaired) electrons. The number of rotatable bonds is 10. The van der Waals surface area contributed by atoms with Crippen molar-refractivity contribution >= 4 is 17.5 Å². The van der Waals surface area contributed by atoms with E-state index in [0.29, 0.717) is 16.9 Å². The highest BCUT2D eigenvalue weighted by molar-refractivity contribution is 6.02. The summed E-state index contributed by atoms with van der Waals surface area (Å²) >= 11 is 0. The molecule has 9 heteroatoms. The lowest BCUT2D eigenvalue weighted by atomic mass is 10.1. The number of esters is 1. The number of aromatic nitrogens is 1. The molecule has 2 aromatic carbocycles. The third kappa shape index (κ3) is 6.38. The fourth-order valence-corrected chi connectivity index (χ4v) is 3.71. The zero-order chi connectivity index (χ0) is 25.7. The number of alkyl halides is 2. The van der Waals surface area contributed by atoms with Crippen molar-refractivity contribution in [1.82, 2.24) is 4.57 Å². The van der Waals surface area contributed by atoms with Crippen LogP contribution in [0.1, 0.15) is 51.9 Å². The van der Waals surface area contributed by atoms with Crippen LogP contribution in [0, 0.1) is 19.7 Å². The van der Waals surface area contributed by atoms with Crippen LogP contribution in [0.5, 0.6) is 5.75 Å². The van der Waals surface area contributed by atoms with Gasteiger partial charge in [-0.25, -0.2) is 4.39 Å². The molecule has 184 valence electrons. The Morgan fingerprint density at radius 1 is 0.943 bits per heavy atom. The Hall–Kier alpha value is -3.88. The maximum absolute atomic E-state index is 13.0. The van der Waals surface area contributed by atoms with Crippen molar-refractivity contribution < 1.29 is 37.0 Å². The summed E-state index contributed by atoms with van der Waals surface area (Å²) in [6.07, 6.45) is -1.44. The minimum atomic E-state index is -2.93. The van der Waals surface area contributed by atoms with Gasteiger partial charge in [0.05, 0.1) is 6.42 Å². The van der Waals surface area contributed by atoms with Crippen molar-refractivity contribution in [3.05, 3.63) is 82.9 Å². The summed E-state index contributed by atoms with van der Waals surface area (Å²) in [5.41, 5.74) is 2.58. The van der Waals surface area contributed by atoms with Gasteiger partial charge in [-0.15, -0.1) is 0 Å². The molecule has 1 unspecified atom stereocenters. The average molecular weight is 487 g/mol. The van der Waals surface area contributed by atoms with E-state index in [2.05, 4.69) is 4.74 Å². The van der Waals surface area contributed by atoms with Crippen molar-refractivity contribution in [3.8, 4) is 11.4 Å². The first-order valence-electron chi connectivity index (χ1n) is 10.8. The van der Waals surface area contributed by atoms with E-state index < -0.39 is 30.3 Å². The van der Waals surface area contributed by atoms with Gasteiger partial charge >= 0.3 is 12.6 Å². The smallest absolute Gasteiger partial charge is 0.387 e. The number of Topliss-reactive ketones (excluding diaryl/α,β-unsaturated/α-hetero) is 2. The van der Waals surface area contributed by atoms with Crippen molar-refractivity contribution in [2.45, 2.75) is 46.3 Å². The molecule has 0 fully saturated rings. The predicted octanol–water partition coefficient (Wildman–Crippen LogP) is 5.61. The molecule has 3 aromatic rings. The molecular weight excluding hydrogens is 463 g/mol. The van der Waals surface area contributed by atoms with Crippen LogP contribution in [0.15, 0.2) is 54.6 Å². The van der Waals surface area contributed by atoms with Gasteiger partial charge in [0.2, 0.25) is 5.78 Å². The summed E-state index contributed by atoms with van der Waals surface area (Å²) in [5, 5.41) is 0. The van der Waals surface area contributed by atoms with Crippen molar-refractivity contribution in [3.63, 3.8) is 0 Å². The lowest BCUT2D eigenvalue weighted by Crippen LogP contribution is -2.25. The first-order valence-corrected chi connectivity index (χ1v) is 10.8. The van der Waals surface area contributed by atoms with Crippen LogP contribution in [-0.4, -0.2) is 34.8 Å². The summed E-state index contributed by atoms with van der Waals surface area (Å²) in [7, 11) is 0. The molecule has 1 aromatic heterocycles. The normalized spacial score (nSPS) is 11.9. The molecule has 0 amide bonds. The van der Waals surface area contributed by atoms with Crippen LogP contribution in [0.25, 0.3) is 5.69 Å². The standard InChI is InChI=1S/C26H24F3NO5/c1-15-14-22(16(2)30(15)20-8-10-21(11-9-20)35-26(28)29)25(33)17(3)34-24(32)13-12-23(31)18-4-6-19(27)7-5-18/h4-11,14,17,26H,12-13H2,1-3H3. The van der Waals surface area contributed by atoms with E-state index in [9.17, 15) is 27.6 Å². The van der Waals surface area contributed by atoms with Gasteiger partial charge in [0.1, 0.15) is 11.6 Å². The SMILES string of the molecule is Cc1cc(C(=O)C(C)OC(=O)CCC(=O)c2ccc(F)cc2)c(C)n1-c1ccc(OC(F)F)cc1. The van der Waals surface area contributed by atoms with Crippen molar-refractivity contribution in [2.24, 2.45) is 0 Å². The van der Waals surface area contributed by atoms with Crippen LogP contribution in [0.4, 0.5) is 13.2 Å². The second-order valence-corrected chi connectivity index (χ2v) is 7.92. The number of ether oxygens (including phenoxy) is 2.